The van der Waals surface area contributed by atoms with E-state index in [1.54, 1.807) is 11.6 Å². The highest BCUT2D eigenvalue weighted by atomic mass is 32.1. The van der Waals surface area contributed by atoms with Crippen molar-refractivity contribution in [2.24, 2.45) is 0 Å². The first kappa shape index (κ1) is 15.6. The number of urea groups is 1. The Balaban J connectivity index is 1.43. The van der Waals surface area contributed by atoms with Gasteiger partial charge < -0.3 is 15.4 Å². The van der Waals surface area contributed by atoms with Crippen LogP contribution in [0.15, 0.2) is 22.6 Å². The summed E-state index contributed by atoms with van der Waals surface area (Å²) in [5.41, 5.74) is -0.116. The number of carbonyl (C=O) groups is 1. The van der Waals surface area contributed by atoms with Gasteiger partial charge in [0, 0.05) is 11.6 Å². The van der Waals surface area contributed by atoms with Crippen LogP contribution in [0, 0.1) is 0 Å². The number of likely N-dealkylation sites (tertiary alicyclic amines) is 1. The average molecular weight is 349 g/mol. The SMILES string of the molecule is O=C(Nc1cnc2sccn2c1=O)N[C@@H]1COC[C@H]1N1CCCC1. The first-order valence-electron chi connectivity index (χ1n) is 8.06. The van der Waals surface area contributed by atoms with Crippen molar-refractivity contribution in [1.82, 2.24) is 19.6 Å². The lowest BCUT2D eigenvalue weighted by Gasteiger charge is -2.27. The van der Waals surface area contributed by atoms with Crippen LogP contribution >= 0.6 is 11.3 Å². The van der Waals surface area contributed by atoms with Crippen molar-refractivity contribution in [3.8, 4) is 0 Å². The van der Waals surface area contributed by atoms with Gasteiger partial charge in [-0.1, -0.05) is 0 Å². The summed E-state index contributed by atoms with van der Waals surface area (Å²) in [5, 5.41) is 7.33. The van der Waals surface area contributed by atoms with E-state index in [4.69, 9.17) is 4.74 Å². The van der Waals surface area contributed by atoms with Gasteiger partial charge in [0.25, 0.3) is 5.56 Å². The predicted molar refractivity (Wildman–Crippen MR) is 90.7 cm³/mol. The van der Waals surface area contributed by atoms with Crippen LogP contribution in [-0.2, 0) is 4.74 Å². The van der Waals surface area contributed by atoms with Crippen LogP contribution in [0.2, 0.25) is 0 Å². The van der Waals surface area contributed by atoms with Crippen molar-refractivity contribution in [3.63, 3.8) is 0 Å². The maximum absolute atomic E-state index is 12.3. The molecule has 2 aromatic heterocycles. The largest absolute Gasteiger partial charge is 0.378 e. The van der Waals surface area contributed by atoms with Crippen molar-refractivity contribution in [2.45, 2.75) is 24.9 Å². The van der Waals surface area contributed by atoms with Gasteiger partial charge in [-0.25, -0.2) is 9.78 Å². The Hall–Kier alpha value is -1.97. The minimum absolute atomic E-state index is 0.0660. The Morgan fingerprint density at radius 2 is 2.17 bits per heavy atom. The van der Waals surface area contributed by atoms with Crippen LogP contribution < -0.4 is 16.2 Å². The Kier molecular flexibility index (Phi) is 4.21. The van der Waals surface area contributed by atoms with Gasteiger partial charge in [0.05, 0.1) is 31.5 Å². The third-order valence-electron chi connectivity index (χ3n) is 4.57. The molecule has 2 N–H and O–H groups in total. The topological polar surface area (TPSA) is 88.0 Å². The highest BCUT2D eigenvalue weighted by Crippen LogP contribution is 2.19. The van der Waals surface area contributed by atoms with E-state index in [0.717, 1.165) is 13.1 Å². The second-order valence-corrected chi connectivity index (χ2v) is 6.96. The van der Waals surface area contributed by atoms with E-state index in [9.17, 15) is 9.59 Å². The van der Waals surface area contributed by atoms with E-state index in [2.05, 4.69) is 20.5 Å². The fourth-order valence-electron chi connectivity index (χ4n) is 3.35. The molecule has 0 unspecified atom stereocenters. The minimum atomic E-state index is -0.399. The molecule has 2 aromatic rings. The van der Waals surface area contributed by atoms with Gasteiger partial charge >= 0.3 is 6.03 Å². The number of thiazole rings is 1. The first-order valence-corrected chi connectivity index (χ1v) is 8.94. The summed E-state index contributed by atoms with van der Waals surface area (Å²) in [7, 11) is 0. The molecule has 2 saturated heterocycles. The zero-order valence-corrected chi connectivity index (χ0v) is 13.9. The number of aromatic nitrogens is 2. The molecule has 2 fully saturated rings. The first-order chi connectivity index (χ1) is 11.7. The van der Waals surface area contributed by atoms with Crippen molar-refractivity contribution in [1.29, 1.82) is 0 Å². The Morgan fingerprint density at radius 1 is 1.33 bits per heavy atom. The highest BCUT2D eigenvalue weighted by Gasteiger charge is 2.35. The molecule has 128 valence electrons. The van der Waals surface area contributed by atoms with E-state index >= 15 is 0 Å². The van der Waals surface area contributed by atoms with Crippen molar-refractivity contribution in [2.75, 3.05) is 31.6 Å². The summed E-state index contributed by atoms with van der Waals surface area (Å²) in [4.78, 5) is 31.7. The molecule has 2 aliphatic heterocycles. The number of nitrogens with one attached hydrogen (secondary N) is 2. The van der Waals surface area contributed by atoms with Crippen molar-refractivity contribution in [3.05, 3.63) is 28.1 Å². The third kappa shape index (κ3) is 2.90. The van der Waals surface area contributed by atoms with Crippen LogP contribution in [0.4, 0.5) is 10.5 Å². The maximum Gasteiger partial charge on any atom is 0.319 e. The fraction of sp³-hybridized carbons (Fsp3) is 0.533. The van der Waals surface area contributed by atoms with Gasteiger partial charge in [0.2, 0.25) is 0 Å². The van der Waals surface area contributed by atoms with Crippen LogP contribution in [0.5, 0.6) is 0 Å². The van der Waals surface area contributed by atoms with Crippen LogP contribution in [0.3, 0.4) is 0 Å². The summed E-state index contributed by atoms with van der Waals surface area (Å²) < 4.78 is 6.97. The molecule has 9 heteroatoms. The van der Waals surface area contributed by atoms with Crippen LogP contribution in [0.1, 0.15) is 12.8 Å². The number of fused-ring (bicyclic) bond motifs is 1. The number of nitrogens with zero attached hydrogens (tertiary/aromatic N) is 3. The molecule has 4 heterocycles. The molecule has 0 aromatic carbocycles. The number of ether oxygens (including phenoxy) is 1. The summed E-state index contributed by atoms with van der Waals surface area (Å²) in [5.74, 6) is 0. The molecule has 2 aliphatic rings. The molecular formula is C15H19N5O3S. The van der Waals surface area contributed by atoms with E-state index in [1.165, 1.54) is 34.8 Å². The second kappa shape index (κ2) is 6.50. The number of hydrogen-bond acceptors (Lipinski definition) is 6. The number of anilines is 1. The van der Waals surface area contributed by atoms with E-state index in [0.29, 0.717) is 18.2 Å². The number of amides is 2. The molecule has 2 amide bonds. The van der Waals surface area contributed by atoms with Gasteiger partial charge in [-0.2, -0.15) is 0 Å². The van der Waals surface area contributed by atoms with Gasteiger partial charge in [-0.3, -0.25) is 14.1 Å². The minimum Gasteiger partial charge on any atom is -0.378 e. The normalized spacial score (nSPS) is 24.5. The average Bonchev–Trinajstić information content (AvgIpc) is 3.29. The Labute approximate surface area is 142 Å². The van der Waals surface area contributed by atoms with Gasteiger partial charge in [-0.15, -0.1) is 11.3 Å². The molecule has 0 spiro atoms. The maximum atomic E-state index is 12.3. The van der Waals surface area contributed by atoms with E-state index < -0.39 is 6.03 Å². The molecule has 4 rings (SSSR count). The lowest BCUT2D eigenvalue weighted by molar-refractivity contribution is 0.159. The van der Waals surface area contributed by atoms with Gasteiger partial charge in [0.15, 0.2) is 4.96 Å². The van der Waals surface area contributed by atoms with Crippen molar-refractivity contribution >= 4 is 28.0 Å². The summed E-state index contributed by atoms with van der Waals surface area (Å²) >= 11 is 1.37. The highest BCUT2D eigenvalue weighted by molar-refractivity contribution is 7.15. The molecule has 8 nitrogen and oxygen atoms in total. The molecule has 0 radical (unpaired) electrons. The molecule has 2 atom stereocenters. The zero-order chi connectivity index (χ0) is 16.5. The van der Waals surface area contributed by atoms with E-state index in [-0.39, 0.29) is 23.3 Å². The zero-order valence-electron chi connectivity index (χ0n) is 13.1. The number of rotatable bonds is 3. The van der Waals surface area contributed by atoms with Crippen molar-refractivity contribution < 1.29 is 9.53 Å². The molecule has 0 aliphatic carbocycles. The van der Waals surface area contributed by atoms with Gasteiger partial charge in [-0.05, 0) is 25.9 Å². The lowest BCUT2D eigenvalue weighted by Crippen LogP contribution is -2.51. The fourth-order valence-corrected chi connectivity index (χ4v) is 4.03. The number of carbonyl (C=O) groups excluding carboxylic acids is 1. The predicted octanol–water partition coefficient (Wildman–Crippen LogP) is 0.741. The Morgan fingerprint density at radius 3 is 3.00 bits per heavy atom. The third-order valence-corrected chi connectivity index (χ3v) is 5.34. The quantitative estimate of drug-likeness (QED) is 0.853. The Bertz CT molecular complexity index is 798. The van der Waals surface area contributed by atoms with Crippen LogP contribution in [0.25, 0.3) is 4.96 Å². The second-order valence-electron chi connectivity index (χ2n) is 6.09. The number of hydrogen-bond donors (Lipinski definition) is 2. The molecule has 0 bridgehead atoms. The summed E-state index contributed by atoms with van der Waals surface area (Å²) in [6.45, 7) is 3.23. The lowest BCUT2D eigenvalue weighted by atomic mass is 10.1. The smallest absolute Gasteiger partial charge is 0.319 e. The van der Waals surface area contributed by atoms with Crippen LogP contribution in [-0.4, -0.2) is 58.7 Å². The standard InChI is InChI=1S/C15H19N5O3S/c21-13-10(7-16-15-20(13)5-6-24-15)17-14(22)18-11-8-23-9-12(11)19-3-1-2-4-19/h5-7,11-12H,1-4,8-9H2,(H2,17,18,22)/t11-,12-/m1/s1. The summed E-state index contributed by atoms with van der Waals surface area (Å²) in [6, 6.07) is -0.260. The van der Waals surface area contributed by atoms with Gasteiger partial charge in [0.1, 0.15) is 5.69 Å². The molecular weight excluding hydrogens is 330 g/mol. The summed E-state index contributed by atoms with van der Waals surface area (Å²) in [6.07, 6.45) is 5.43. The monoisotopic (exact) mass is 349 g/mol. The van der Waals surface area contributed by atoms with E-state index in [1.807, 2.05) is 0 Å². The molecule has 24 heavy (non-hydrogen) atoms. The molecule has 0 saturated carbocycles.